The lowest BCUT2D eigenvalue weighted by atomic mass is 10.1. The number of anilines is 1. The van der Waals surface area contributed by atoms with Crippen molar-refractivity contribution in [2.75, 3.05) is 25.0 Å². The molecule has 2 heterocycles. The van der Waals surface area contributed by atoms with Crippen LogP contribution in [0.25, 0.3) is 0 Å². The van der Waals surface area contributed by atoms with Crippen molar-refractivity contribution < 1.29 is 18.7 Å². The Labute approximate surface area is 153 Å². The molecule has 0 spiro atoms. The lowest BCUT2D eigenvalue weighted by Crippen LogP contribution is -2.37. The van der Waals surface area contributed by atoms with Crippen LogP contribution in [0.5, 0.6) is 0 Å². The first-order valence-corrected chi connectivity index (χ1v) is 8.95. The number of amides is 2. The van der Waals surface area contributed by atoms with Gasteiger partial charge < -0.3 is 19.4 Å². The molecular formula is C20H24N2O4. The summed E-state index contributed by atoms with van der Waals surface area (Å²) in [6, 6.07) is 8.60. The third-order valence-corrected chi connectivity index (χ3v) is 4.59. The summed E-state index contributed by atoms with van der Waals surface area (Å²) >= 11 is 0. The van der Waals surface area contributed by atoms with Gasteiger partial charge in [-0.3, -0.25) is 9.59 Å². The molecule has 0 radical (unpaired) electrons. The molecule has 2 aromatic rings. The molecule has 1 N–H and O–H groups in total. The molecular weight excluding hydrogens is 332 g/mol. The van der Waals surface area contributed by atoms with Crippen LogP contribution in [0.2, 0.25) is 0 Å². The number of nitrogens with zero attached hydrogens (tertiary/aromatic N) is 1. The van der Waals surface area contributed by atoms with E-state index >= 15 is 0 Å². The zero-order chi connectivity index (χ0) is 18.5. The van der Waals surface area contributed by atoms with Gasteiger partial charge in [-0.25, -0.2) is 0 Å². The van der Waals surface area contributed by atoms with Crippen molar-refractivity contribution >= 4 is 17.5 Å². The number of benzene rings is 1. The Bertz CT molecular complexity index is 764. The fraction of sp³-hybridized carbons (Fsp3) is 0.400. The van der Waals surface area contributed by atoms with Crippen LogP contribution < -0.4 is 5.32 Å². The van der Waals surface area contributed by atoms with Crippen LogP contribution in [0.1, 0.15) is 46.2 Å². The SMILES string of the molecule is CCN(C[C@@H]1CCCO1)C(=O)c1ccc(C)c(NC(=O)c2ccco2)c1. The number of likely N-dealkylation sites (N-methyl/N-ethyl adjacent to an activating group) is 1. The molecule has 1 aliphatic heterocycles. The van der Waals surface area contributed by atoms with Crippen molar-refractivity contribution in [2.24, 2.45) is 0 Å². The number of furan rings is 1. The number of carbonyl (C=O) groups excluding carboxylic acids is 2. The largest absolute Gasteiger partial charge is 0.459 e. The Kier molecular flexibility index (Phi) is 5.73. The summed E-state index contributed by atoms with van der Waals surface area (Å²) < 4.78 is 10.8. The molecule has 1 fully saturated rings. The minimum absolute atomic E-state index is 0.0588. The Morgan fingerprint density at radius 2 is 2.15 bits per heavy atom. The molecule has 1 aliphatic rings. The molecule has 138 valence electrons. The van der Waals surface area contributed by atoms with E-state index in [2.05, 4.69) is 5.32 Å². The third-order valence-electron chi connectivity index (χ3n) is 4.59. The number of hydrogen-bond acceptors (Lipinski definition) is 4. The van der Waals surface area contributed by atoms with E-state index in [-0.39, 0.29) is 23.7 Å². The zero-order valence-corrected chi connectivity index (χ0v) is 15.2. The Balaban J connectivity index is 1.74. The third kappa shape index (κ3) is 4.14. The highest BCUT2D eigenvalue weighted by atomic mass is 16.5. The maximum absolute atomic E-state index is 12.9. The van der Waals surface area contributed by atoms with Gasteiger partial charge in [0.15, 0.2) is 5.76 Å². The van der Waals surface area contributed by atoms with Gasteiger partial charge in [-0.15, -0.1) is 0 Å². The molecule has 1 aromatic carbocycles. The van der Waals surface area contributed by atoms with Crippen molar-refractivity contribution in [1.29, 1.82) is 0 Å². The fourth-order valence-electron chi connectivity index (χ4n) is 3.05. The number of hydrogen-bond donors (Lipinski definition) is 1. The molecule has 2 amide bonds. The second-order valence-electron chi connectivity index (χ2n) is 6.44. The van der Waals surface area contributed by atoms with Crippen LogP contribution in [0.3, 0.4) is 0 Å². The predicted molar refractivity (Wildman–Crippen MR) is 98.4 cm³/mol. The predicted octanol–water partition coefficient (Wildman–Crippen LogP) is 3.48. The number of nitrogens with one attached hydrogen (secondary N) is 1. The van der Waals surface area contributed by atoms with Crippen molar-refractivity contribution in [3.05, 3.63) is 53.5 Å². The number of aryl methyl sites for hydroxylation is 1. The summed E-state index contributed by atoms with van der Waals surface area (Å²) in [6.07, 6.45) is 3.60. The molecule has 0 bridgehead atoms. The second-order valence-corrected chi connectivity index (χ2v) is 6.44. The van der Waals surface area contributed by atoms with Gasteiger partial charge in [-0.1, -0.05) is 6.07 Å². The van der Waals surface area contributed by atoms with Crippen molar-refractivity contribution in [3.8, 4) is 0 Å². The van der Waals surface area contributed by atoms with Crippen LogP contribution in [-0.2, 0) is 4.74 Å². The standard InChI is InChI=1S/C20H24N2O4/c1-3-22(13-16-6-4-10-25-16)20(24)15-9-8-14(2)17(12-15)21-19(23)18-7-5-11-26-18/h5,7-9,11-12,16H,3-4,6,10,13H2,1-2H3,(H,21,23)/t16-/m0/s1. The minimum atomic E-state index is -0.339. The first-order chi connectivity index (χ1) is 12.6. The highest BCUT2D eigenvalue weighted by molar-refractivity contribution is 6.03. The number of ether oxygens (including phenoxy) is 1. The van der Waals surface area contributed by atoms with E-state index in [4.69, 9.17) is 9.15 Å². The minimum Gasteiger partial charge on any atom is -0.459 e. The summed E-state index contributed by atoms with van der Waals surface area (Å²) in [6.45, 7) is 5.82. The highest BCUT2D eigenvalue weighted by Gasteiger charge is 2.23. The van der Waals surface area contributed by atoms with E-state index in [0.717, 1.165) is 25.0 Å². The molecule has 6 heteroatoms. The average molecular weight is 356 g/mol. The molecule has 0 aliphatic carbocycles. The van der Waals surface area contributed by atoms with E-state index in [1.165, 1.54) is 6.26 Å². The van der Waals surface area contributed by atoms with Crippen LogP contribution in [0.15, 0.2) is 41.0 Å². The van der Waals surface area contributed by atoms with Gasteiger partial charge in [0.2, 0.25) is 0 Å². The maximum Gasteiger partial charge on any atom is 0.291 e. The van der Waals surface area contributed by atoms with Gasteiger partial charge >= 0.3 is 0 Å². The maximum atomic E-state index is 12.9. The summed E-state index contributed by atoms with van der Waals surface area (Å²) in [5, 5.41) is 2.81. The first kappa shape index (κ1) is 18.2. The molecule has 0 unspecified atom stereocenters. The molecule has 6 nitrogen and oxygen atoms in total. The van der Waals surface area contributed by atoms with E-state index in [0.29, 0.717) is 24.3 Å². The topological polar surface area (TPSA) is 71.8 Å². The van der Waals surface area contributed by atoms with Crippen LogP contribution in [0.4, 0.5) is 5.69 Å². The quantitative estimate of drug-likeness (QED) is 0.860. The molecule has 3 rings (SSSR count). The van der Waals surface area contributed by atoms with Gasteiger partial charge in [0.25, 0.3) is 11.8 Å². The van der Waals surface area contributed by atoms with Crippen LogP contribution in [0, 0.1) is 6.92 Å². The highest BCUT2D eigenvalue weighted by Crippen LogP contribution is 2.20. The van der Waals surface area contributed by atoms with Gasteiger partial charge in [0, 0.05) is 30.9 Å². The summed E-state index contributed by atoms with van der Waals surface area (Å²) in [5.41, 5.74) is 2.03. The van der Waals surface area contributed by atoms with Crippen LogP contribution >= 0.6 is 0 Å². The fourth-order valence-corrected chi connectivity index (χ4v) is 3.05. The van der Waals surface area contributed by atoms with E-state index in [1.54, 1.807) is 29.2 Å². The second kappa shape index (κ2) is 8.19. The van der Waals surface area contributed by atoms with Crippen molar-refractivity contribution in [2.45, 2.75) is 32.8 Å². The van der Waals surface area contributed by atoms with Gasteiger partial charge in [0.1, 0.15) is 0 Å². The normalized spacial score (nSPS) is 16.5. The summed E-state index contributed by atoms with van der Waals surface area (Å²) in [7, 11) is 0. The zero-order valence-electron chi connectivity index (χ0n) is 15.2. The first-order valence-electron chi connectivity index (χ1n) is 8.95. The van der Waals surface area contributed by atoms with E-state index < -0.39 is 0 Å². The molecule has 26 heavy (non-hydrogen) atoms. The molecule has 1 atom stereocenters. The Morgan fingerprint density at radius 1 is 1.31 bits per heavy atom. The van der Waals surface area contributed by atoms with Gasteiger partial charge in [-0.05, 0) is 56.5 Å². The van der Waals surface area contributed by atoms with Gasteiger partial charge in [0.05, 0.1) is 12.4 Å². The Hall–Kier alpha value is -2.60. The molecule has 1 saturated heterocycles. The Morgan fingerprint density at radius 3 is 2.81 bits per heavy atom. The van der Waals surface area contributed by atoms with E-state index in [1.807, 2.05) is 19.9 Å². The monoisotopic (exact) mass is 356 g/mol. The van der Waals surface area contributed by atoms with Gasteiger partial charge in [-0.2, -0.15) is 0 Å². The summed E-state index contributed by atoms with van der Waals surface area (Å²) in [5.74, 6) is -0.166. The van der Waals surface area contributed by atoms with Crippen molar-refractivity contribution in [3.63, 3.8) is 0 Å². The van der Waals surface area contributed by atoms with E-state index in [9.17, 15) is 9.59 Å². The lowest BCUT2D eigenvalue weighted by molar-refractivity contribution is 0.0539. The number of rotatable bonds is 6. The van der Waals surface area contributed by atoms with Crippen LogP contribution in [-0.4, -0.2) is 42.5 Å². The number of carbonyl (C=O) groups is 2. The van der Waals surface area contributed by atoms with Crippen molar-refractivity contribution in [1.82, 2.24) is 4.90 Å². The summed E-state index contributed by atoms with van der Waals surface area (Å²) in [4.78, 5) is 26.9. The molecule has 1 aromatic heterocycles. The average Bonchev–Trinajstić information content (AvgIpc) is 3.34. The molecule has 0 saturated carbocycles. The lowest BCUT2D eigenvalue weighted by Gasteiger charge is -2.24. The smallest absolute Gasteiger partial charge is 0.291 e.